The molecule has 0 amide bonds. The highest BCUT2D eigenvalue weighted by Gasteiger charge is 2.17. The molecule has 0 saturated heterocycles. The molecule has 4 heteroatoms. The number of aliphatic hydroxyl groups is 1. The van der Waals surface area contributed by atoms with Gasteiger partial charge in [-0.2, -0.15) is 5.10 Å². The predicted octanol–water partition coefficient (Wildman–Crippen LogP) is 4.27. The third-order valence-corrected chi connectivity index (χ3v) is 5.26. The molecule has 1 saturated carbocycles. The van der Waals surface area contributed by atoms with Crippen molar-refractivity contribution in [2.75, 3.05) is 0 Å². The molecule has 1 N–H and O–H groups in total. The first-order valence-corrected chi connectivity index (χ1v) is 8.78. The Hall–Kier alpha value is -0.880. The summed E-state index contributed by atoms with van der Waals surface area (Å²) in [6, 6.07) is 10.6. The van der Waals surface area contributed by atoms with Crippen molar-refractivity contribution >= 4 is 22.6 Å². The van der Waals surface area contributed by atoms with E-state index in [0.29, 0.717) is 12.5 Å². The topological polar surface area (TPSA) is 38.0 Å². The number of aromatic nitrogens is 2. The quantitative estimate of drug-likeness (QED) is 0.784. The van der Waals surface area contributed by atoms with Crippen LogP contribution >= 0.6 is 22.6 Å². The van der Waals surface area contributed by atoms with Crippen molar-refractivity contribution in [3.63, 3.8) is 0 Å². The van der Waals surface area contributed by atoms with Gasteiger partial charge < -0.3 is 5.11 Å². The smallest absolute Gasteiger partial charge is 0.0856 e. The fourth-order valence-corrected chi connectivity index (χ4v) is 3.84. The van der Waals surface area contributed by atoms with Crippen molar-refractivity contribution in [2.24, 2.45) is 0 Å². The number of benzene rings is 1. The molecule has 0 radical (unpaired) electrons. The zero-order valence-corrected chi connectivity index (χ0v) is 14.2. The summed E-state index contributed by atoms with van der Waals surface area (Å²) in [5.41, 5.74) is 1.97. The van der Waals surface area contributed by atoms with Crippen LogP contribution in [0.25, 0.3) is 0 Å². The number of halogens is 1. The summed E-state index contributed by atoms with van der Waals surface area (Å²) in [7, 11) is 0. The summed E-state index contributed by atoms with van der Waals surface area (Å²) in [6.45, 7) is 0. The largest absolute Gasteiger partial charge is 0.388 e. The molecule has 2 aromatic rings. The zero-order valence-electron chi connectivity index (χ0n) is 12.1. The summed E-state index contributed by atoms with van der Waals surface area (Å²) in [5.74, 6) is 0. The third-order valence-electron chi connectivity index (χ3n) is 4.28. The Bertz CT molecular complexity index is 590. The van der Waals surface area contributed by atoms with E-state index in [4.69, 9.17) is 0 Å². The van der Waals surface area contributed by atoms with Gasteiger partial charge in [0.25, 0.3) is 0 Å². The highest BCUT2D eigenvalue weighted by Crippen LogP contribution is 2.28. The zero-order chi connectivity index (χ0) is 14.7. The van der Waals surface area contributed by atoms with Gasteiger partial charge >= 0.3 is 0 Å². The summed E-state index contributed by atoms with van der Waals surface area (Å²) >= 11 is 2.27. The second kappa shape index (κ2) is 6.92. The third kappa shape index (κ3) is 3.66. The molecule has 1 fully saturated rings. The van der Waals surface area contributed by atoms with Crippen LogP contribution in [0.2, 0.25) is 0 Å². The lowest BCUT2D eigenvalue weighted by Crippen LogP contribution is -2.14. The van der Waals surface area contributed by atoms with Gasteiger partial charge in [-0.1, -0.05) is 37.5 Å². The average Bonchev–Trinajstić information content (AvgIpc) is 2.97. The lowest BCUT2D eigenvalue weighted by molar-refractivity contribution is 0.175. The molecule has 1 atom stereocenters. The highest BCUT2D eigenvalue weighted by molar-refractivity contribution is 14.1. The van der Waals surface area contributed by atoms with Gasteiger partial charge in [0.2, 0.25) is 0 Å². The van der Waals surface area contributed by atoms with E-state index in [1.54, 1.807) is 0 Å². The van der Waals surface area contributed by atoms with E-state index in [1.165, 1.54) is 32.1 Å². The summed E-state index contributed by atoms with van der Waals surface area (Å²) in [4.78, 5) is 0. The molecule has 1 aliphatic carbocycles. The summed E-state index contributed by atoms with van der Waals surface area (Å²) < 4.78 is 3.21. The molecule has 21 heavy (non-hydrogen) atoms. The van der Waals surface area contributed by atoms with Crippen LogP contribution in [0.15, 0.2) is 36.5 Å². The first kappa shape index (κ1) is 15.0. The lowest BCUT2D eigenvalue weighted by Gasteiger charge is -2.21. The molecule has 1 unspecified atom stereocenters. The van der Waals surface area contributed by atoms with E-state index >= 15 is 0 Å². The van der Waals surface area contributed by atoms with Gasteiger partial charge in [0.05, 0.1) is 17.8 Å². The predicted molar refractivity (Wildman–Crippen MR) is 92.2 cm³/mol. The van der Waals surface area contributed by atoms with Gasteiger partial charge in [-0.25, -0.2) is 0 Å². The van der Waals surface area contributed by atoms with Gasteiger partial charge in [0, 0.05) is 16.2 Å². The number of hydrogen-bond donors (Lipinski definition) is 1. The molecule has 1 aliphatic rings. The Morgan fingerprint density at radius 2 is 1.95 bits per heavy atom. The number of aliphatic hydroxyl groups excluding tert-OH is 1. The lowest BCUT2D eigenvalue weighted by atomic mass is 9.96. The van der Waals surface area contributed by atoms with Crippen molar-refractivity contribution in [3.8, 4) is 0 Å². The minimum absolute atomic E-state index is 0.479. The molecule has 1 aromatic heterocycles. The van der Waals surface area contributed by atoms with E-state index in [-0.39, 0.29) is 0 Å². The van der Waals surface area contributed by atoms with E-state index in [0.717, 1.165) is 14.8 Å². The van der Waals surface area contributed by atoms with Crippen molar-refractivity contribution < 1.29 is 5.11 Å². The Balaban J connectivity index is 1.68. The Morgan fingerprint density at radius 3 is 2.71 bits per heavy atom. The van der Waals surface area contributed by atoms with Gasteiger partial charge in [0.15, 0.2) is 0 Å². The molecule has 112 valence electrons. The fourth-order valence-electron chi connectivity index (χ4n) is 3.09. The van der Waals surface area contributed by atoms with E-state index in [9.17, 15) is 5.11 Å². The van der Waals surface area contributed by atoms with Crippen molar-refractivity contribution in [1.29, 1.82) is 0 Å². The molecule has 1 heterocycles. The minimum atomic E-state index is -0.479. The maximum atomic E-state index is 10.4. The number of hydrogen-bond acceptors (Lipinski definition) is 2. The molecule has 3 nitrogen and oxygen atoms in total. The molecular weight excluding hydrogens is 375 g/mol. The van der Waals surface area contributed by atoms with E-state index in [2.05, 4.69) is 38.6 Å². The van der Waals surface area contributed by atoms with Crippen LogP contribution in [-0.4, -0.2) is 14.9 Å². The van der Waals surface area contributed by atoms with Gasteiger partial charge in [0.1, 0.15) is 0 Å². The molecule has 0 spiro atoms. The Kier molecular flexibility index (Phi) is 4.95. The summed E-state index contributed by atoms with van der Waals surface area (Å²) in [6.07, 6.45) is 8.63. The van der Waals surface area contributed by atoms with Crippen LogP contribution in [0, 0.1) is 3.57 Å². The molecule has 1 aromatic carbocycles. The van der Waals surface area contributed by atoms with E-state index < -0.39 is 6.10 Å². The van der Waals surface area contributed by atoms with Crippen molar-refractivity contribution in [1.82, 2.24) is 9.78 Å². The van der Waals surface area contributed by atoms with Crippen LogP contribution in [0.1, 0.15) is 55.5 Å². The first-order chi connectivity index (χ1) is 10.2. The number of rotatable bonds is 4. The second-order valence-corrected chi connectivity index (χ2v) is 6.98. The standard InChI is InChI=1S/C17H21IN2O/c18-16-9-5-4-8-15(16)17(21)12-13-10-11-20(19-13)14-6-2-1-3-7-14/h4-5,8-11,14,17,21H,1-3,6-7,12H2. The Labute approximate surface area is 139 Å². The van der Waals surface area contributed by atoms with Crippen LogP contribution in [-0.2, 0) is 6.42 Å². The Morgan fingerprint density at radius 1 is 1.19 bits per heavy atom. The average molecular weight is 396 g/mol. The fraction of sp³-hybridized carbons (Fsp3) is 0.471. The van der Waals surface area contributed by atoms with Crippen LogP contribution in [0.4, 0.5) is 0 Å². The van der Waals surface area contributed by atoms with Crippen molar-refractivity contribution in [2.45, 2.75) is 50.7 Å². The SMILES string of the molecule is OC(Cc1ccn(C2CCCCC2)n1)c1ccccc1I. The second-order valence-electron chi connectivity index (χ2n) is 5.82. The van der Waals surface area contributed by atoms with Gasteiger partial charge in [-0.15, -0.1) is 0 Å². The van der Waals surface area contributed by atoms with Crippen LogP contribution in [0.3, 0.4) is 0 Å². The highest BCUT2D eigenvalue weighted by atomic mass is 127. The molecule has 0 bridgehead atoms. The van der Waals surface area contributed by atoms with Crippen LogP contribution < -0.4 is 0 Å². The minimum Gasteiger partial charge on any atom is -0.388 e. The summed E-state index contributed by atoms with van der Waals surface area (Å²) in [5, 5.41) is 15.1. The normalized spacial score (nSPS) is 17.8. The maximum Gasteiger partial charge on any atom is 0.0856 e. The van der Waals surface area contributed by atoms with Crippen LogP contribution in [0.5, 0.6) is 0 Å². The van der Waals surface area contributed by atoms with Gasteiger partial charge in [-0.05, 0) is 53.1 Å². The molecule has 3 rings (SSSR count). The maximum absolute atomic E-state index is 10.4. The molecular formula is C17H21IN2O. The van der Waals surface area contributed by atoms with E-state index in [1.807, 2.05) is 30.3 Å². The molecule has 0 aliphatic heterocycles. The first-order valence-electron chi connectivity index (χ1n) is 7.70. The monoisotopic (exact) mass is 396 g/mol. The van der Waals surface area contributed by atoms with Gasteiger partial charge in [-0.3, -0.25) is 4.68 Å². The van der Waals surface area contributed by atoms with Crippen molar-refractivity contribution in [3.05, 3.63) is 51.4 Å². The number of nitrogens with zero attached hydrogens (tertiary/aromatic N) is 2.